The molecule has 2 aliphatic heterocycles. The molecule has 2 heterocycles. The van der Waals surface area contributed by atoms with E-state index in [2.05, 4.69) is 36.4 Å². The van der Waals surface area contributed by atoms with Gasteiger partial charge < -0.3 is 18.9 Å². The quantitative estimate of drug-likeness (QED) is 0.495. The highest BCUT2D eigenvalue weighted by Crippen LogP contribution is 2.40. The second-order valence-corrected chi connectivity index (χ2v) is 8.97. The molecule has 31 heavy (non-hydrogen) atoms. The van der Waals surface area contributed by atoms with Crippen molar-refractivity contribution in [3.8, 4) is 0 Å². The average molecular weight is 435 g/mol. The van der Waals surface area contributed by atoms with Crippen LogP contribution in [-0.4, -0.2) is 36.5 Å². The molecule has 3 aromatic carbocycles. The summed E-state index contributed by atoms with van der Waals surface area (Å²) in [5, 5.41) is 0. The summed E-state index contributed by atoms with van der Waals surface area (Å²) in [5.41, 5.74) is 2.12. The maximum absolute atomic E-state index is 6.47. The normalized spacial score (nSPS) is 27.3. The Balaban J connectivity index is 1.32. The van der Waals surface area contributed by atoms with Crippen molar-refractivity contribution >= 4 is 11.8 Å². The van der Waals surface area contributed by atoms with Crippen LogP contribution in [0.15, 0.2) is 95.9 Å². The maximum Gasteiger partial charge on any atom is 0.137 e. The van der Waals surface area contributed by atoms with Crippen molar-refractivity contribution in [3.05, 3.63) is 102 Å². The van der Waals surface area contributed by atoms with E-state index in [0.29, 0.717) is 19.8 Å². The lowest BCUT2D eigenvalue weighted by Crippen LogP contribution is -2.53. The molecule has 0 spiro atoms. The minimum atomic E-state index is -0.232. The Kier molecular flexibility index (Phi) is 6.68. The van der Waals surface area contributed by atoms with Gasteiger partial charge in [-0.2, -0.15) is 0 Å². The summed E-state index contributed by atoms with van der Waals surface area (Å²) in [5.74, 6) is 0. The van der Waals surface area contributed by atoms with Crippen LogP contribution in [0.1, 0.15) is 11.1 Å². The molecule has 0 saturated carbocycles. The van der Waals surface area contributed by atoms with Gasteiger partial charge in [0.1, 0.15) is 29.9 Å². The summed E-state index contributed by atoms with van der Waals surface area (Å²) in [7, 11) is 0. The molecule has 4 nitrogen and oxygen atoms in total. The average Bonchev–Trinajstić information content (AvgIpc) is 3.13. The second-order valence-electron chi connectivity index (χ2n) is 7.79. The van der Waals surface area contributed by atoms with Crippen LogP contribution < -0.4 is 0 Å². The standard InChI is InChI=1S/C26H26O4S/c1-4-10-19(11-5-1)16-27-23-22-18-29-24(23)25(28-17-20-12-6-2-7-13-20)26(30-22)31-21-14-8-3-9-15-21/h1-15,22-26H,16-18H2/t22-,23-,24+,25-,26-/m1/s1. The van der Waals surface area contributed by atoms with Crippen LogP contribution in [0.4, 0.5) is 0 Å². The molecular formula is C26H26O4S. The fourth-order valence-corrected chi connectivity index (χ4v) is 5.20. The van der Waals surface area contributed by atoms with Gasteiger partial charge in [0.25, 0.3) is 0 Å². The Labute approximate surface area is 187 Å². The number of rotatable bonds is 8. The lowest BCUT2D eigenvalue weighted by molar-refractivity contribution is -0.182. The zero-order chi connectivity index (χ0) is 20.9. The zero-order valence-corrected chi connectivity index (χ0v) is 18.0. The first kappa shape index (κ1) is 20.7. The van der Waals surface area contributed by atoms with Crippen molar-refractivity contribution in [2.24, 2.45) is 0 Å². The number of hydrogen-bond donors (Lipinski definition) is 0. The molecule has 5 heteroatoms. The Morgan fingerprint density at radius 3 is 1.87 bits per heavy atom. The van der Waals surface area contributed by atoms with Crippen LogP contribution in [-0.2, 0) is 32.2 Å². The SMILES string of the molecule is c1ccc(CO[C@@H]2[C@H]3OC[C@@H](O[C@@H]2Sc2ccccc2)[C@H]3OCc2ccccc2)cc1. The minimum absolute atomic E-state index is 0.0912. The highest BCUT2D eigenvalue weighted by Gasteiger charge is 2.53. The van der Waals surface area contributed by atoms with Gasteiger partial charge in [0.15, 0.2) is 0 Å². The first-order valence-corrected chi connectivity index (χ1v) is 11.5. The van der Waals surface area contributed by atoms with Gasteiger partial charge in [-0.15, -0.1) is 0 Å². The molecule has 0 N–H and O–H groups in total. The molecule has 0 radical (unpaired) electrons. The number of fused-ring (bicyclic) bond motifs is 2. The molecule has 0 aliphatic carbocycles. The van der Waals surface area contributed by atoms with Crippen LogP contribution in [0.5, 0.6) is 0 Å². The van der Waals surface area contributed by atoms with Crippen molar-refractivity contribution in [2.45, 2.75) is 48.0 Å². The molecule has 2 bridgehead atoms. The molecule has 0 amide bonds. The lowest BCUT2D eigenvalue weighted by Gasteiger charge is -2.39. The van der Waals surface area contributed by atoms with E-state index in [9.17, 15) is 0 Å². The molecule has 3 aromatic rings. The summed E-state index contributed by atoms with van der Waals surface area (Å²) in [6.45, 7) is 1.57. The summed E-state index contributed by atoms with van der Waals surface area (Å²) in [6.07, 6.45) is -0.627. The predicted octanol–water partition coefficient (Wildman–Crippen LogP) is 5.07. The summed E-state index contributed by atoms with van der Waals surface area (Å²) in [6, 6.07) is 30.7. The predicted molar refractivity (Wildman–Crippen MR) is 121 cm³/mol. The van der Waals surface area contributed by atoms with Gasteiger partial charge in [0.05, 0.1) is 19.8 Å². The van der Waals surface area contributed by atoms with E-state index >= 15 is 0 Å². The van der Waals surface area contributed by atoms with Crippen LogP contribution in [0.3, 0.4) is 0 Å². The van der Waals surface area contributed by atoms with Gasteiger partial charge >= 0.3 is 0 Å². The third-order valence-electron chi connectivity index (χ3n) is 5.61. The summed E-state index contributed by atoms with van der Waals surface area (Å²) in [4.78, 5) is 1.16. The second kappa shape index (κ2) is 9.98. The van der Waals surface area contributed by atoms with E-state index in [0.717, 1.165) is 16.0 Å². The smallest absolute Gasteiger partial charge is 0.137 e. The number of ether oxygens (including phenoxy) is 4. The largest absolute Gasteiger partial charge is 0.370 e. The molecule has 2 fully saturated rings. The molecular weight excluding hydrogens is 408 g/mol. The fourth-order valence-electron chi connectivity index (χ4n) is 4.05. The monoisotopic (exact) mass is 434 g/mol. The molecule has 0 unspecified atom stereocenters. The molecule has 0 aromatic heterocycles. The van der Waals surface area contributed by atoms with Crippen molar-refractivity contribution in [1.82, 2.24) is 0 Å². The van der Waals surface area contributed by atoms with E-state index in [4.69, 9.17) is 18.9 Å². The van der Waals surface area contributed by atoms with Crippen molar-refractivity contribution in [2.75, 3.05) is 6.61 Å². The molecule has 2 aliphatic rings. The molecule has 5 atom stereocenters. The van der Waals surface area contributed by atoms with Crippen LogP contribution in [0.2, 0.25) is 0 Å². The first-order valence-electron chi connectivity index (χ1n) is 10.7. The van der Waals surface area contributed by atoms with Gasteiger partial charge in [-0.1, -0.05) is 90.6 Å². The van der Waals surface area contributed by atoms with E-state index in [-0.39, 0.29) is 29.9 Å². The van der Waals surface area contributed by atoms with E-state index in [1.54, 1.807) is 11.8 Å². The van der Waals surface area contributed by atoms with Gasteiger partial charge in [0.2, 0.25) is 0 Å². The molecule has 5 rings (SSSR count). The third kappa shape index (κ3) is 5.03. The Bertz CT molecular complexity index is 937. The van der Waals surface area contributed by atoms with Crippen LogP contribution >= 0.6 is 11.8 Å². The maximum atomic E-state index is 6.47. The van der Waals surface area contributed by atoms with Crippen LogP contribution in [0.25, 0.3) is 0 Å². The minimum Gasteiger partial charge on any atom is -0.370 e. The first-order chi connectivity index (χ1) is 15.4. The van der Waals surface area contributed by atoms with Gasteiger partial charge in [-0.05, 0) is 23.3 Å². The van der Waals surface area contributed by atoms with Gasteiger partial charge in [0, 0.05) is 4.90 Å². The van der Waals surface area contributed by atoms with Crippen molar-refractivity contribution < 1.29 is 18.9 Å². The molecule has 2 saturated heterocycles. The topological polar surface area (TPSA) is 36.9 Å². The Hall–Kier alpha value is -2.15. The number of benzene rings is 3. The highest BCUT2D eigenvalue weighted by molar-refractivity contribution is 7.99. The fraction of sp³-hybridized carbons (Fsp3) is 0.308. The number of hydrogen-bond acceptors (Lipinski definition) is 5. The van der Waals surface area contributed by atoms with Crippen molar-refractivity contribution in [3.63, 3.8) is 0 Å². The Morgan fingerprint density at radius 2 is 1.26 bits per heavy atom. The Morgan fingerprint density at radius 1 is 0.710 bits per heavy atom. The lowest BCUT2D eigenvalue weighted by atomic mass is 10.0. The summed E-state index contributed by atoms with van der Waals surface area (Å²) >= 11 is 1.69. The molecule has 160 valence electrons. The van der Waals surface area contributed by atoms with Gasteiger partial charge in [-0.3, -0.25) is 0 Å². The van der Waals surface area contributed by atoms with E-state index in [1.165, 1.54) is 0 Å². The van der Waals surface area contributed by atoms with E-state index < -0.39 is 0 Å². The van der Waals surface area contributed by atoms with Crippen molar-refractivity contribution in [1.29, 1.82) is 0 Å². The summed E-state index contributed by atoms with van der Waals surface area (Å²) < 4.78 is 25.3. The zero-order valence-electron chi connectivity index (χ0n) is 17.2. The van der Waals surface area contributed by atoms with Gasteiger partial charge in [-0.25, -0.2) is 0 Å². The number of thioether (sulfide) groups is 1. The third-order valence-corrected chi connectivity index (χ3v) is 6.77. The van der Waals surface area contributed by atoms with Crippen LogP contribution in [0, 0.1) is 0 Å². The van der Waals surface area contributed by atoms with E-state index in [1.807, 2.05) is 54.6 Å². The highest BCUT2D eigenvalue weighted by atomic mass is 32.2.